The maximum atomic E-state index is 13.2. The van der Waals surface area contributed by atoms with Crippen molar-refractivity contribution in [3.8, 4) is 5.75 Å². The van der Waals surface area contributed by atoms with Gasteiger partial charge in [0.2, 0.25) is 0 Å². The standard InChI is InChI=1S/C24H26BrN3O4/c1-5-15(3)22-27-21-11-10-18(25)13-20(21)23(29)28(22)26-14-17-8-7-9-19(12-17)32-16(4)24(30)31-6-2/h7-16H,5-6H2,1-4H3/t15-,16+/m1/s1. The van der Waals surface area contributed by atoms with Crippen molar-refractivity contribution in [3.63, 3.8) is 0 Å². The number of aromatic nitrogens is 2. The first-order chi connectivity index (χ1) is 15.3. The van der Waals surface area contributed by atoms with Crippen LogP contribution in [0, 0.1) is 0 Å². The molecule has 3 rings (SSSR count). The van der Waals surface area contributed by atoms with E-state index < -0.39 is 12.1 Å². The lowest BCUT2D eigenvalue weighted by atomic mass is 10.1. The van der Waals surface area contributed by atoms with E-state index >= 15 is 0 Å². The molecule has 3 aromatic rings. The third-order valence-electron chi connectivity index (χ3n) is 5.00. The molecule has 0 amide bonds. The number of hydrogen-bond donors (Lipinski definition) is 0. The number of ether oxygens (including phenoxy) is 2. The second-order valence-electron chi connectivity index (χ2n) is 7.39. The summed E-state index contributed by atoms with van der Waals surface area (Å²) in [6.07, 6.45) is 1.67. The fourth-order valence-corrected chi connectivity index (χ4v) is 3.44. The van der Waals surface area contributed by atoms with E-state index in [-0.39, 0.29) is 11.5 Å². The molecule has 168 valence electrons. The van der Waals surface area contributed by atoms with Crippen molar-refractivity contribution in [1.82, 2.24) is 9.66 Å². The first kappa shape index (κ1) is 23.7. The summed E-state index contributed by atoms with van der Waals surface area (Å²) in [6, 6.07) is 12.6. The van der Waals surface area contributed by atoms with Gasteiger partial charge in [-0.3, -0.25) is 4.79 Å². The summed E-state index contributed by atoms with van der Waals surface area (Å²) in [4.78, 5) is 29.7. The molecule has 2 aromatic carbocycles. The quantitative estimate of drug-likeness (QED) is 0.325. The highest BCUT2D eigenvalue weighted by atomic mass is 79.9. The highest BCUT2D eigenvalue weighted by Crippen LogP contribution is 2.21. The second kappa shape index (κ2) is 10.5. The molecule has 0 unspecified atom stereocenters. The van der Waals surface area contributed by atoms with Gasteiger partial charge in [0.1, 0.15) is 11.6 Å². The van der Waals surface area contributed by atoms with E-state index in [1.165, 1.54) is 4.68 Å². The summed E-state index contributed by atoms with van der Waals surface area (Å²) in [6.45, 7) is 7.74. The van der Waals surface area contributed by atoms with Crippen LogP contribution in [0.25, 0.3) is 10.9 Å². The summed E-state index contributed by atoms with van der Waals surface area (Å²) in [5, 5.41) is 4.95. The third kappa shape index (κ3) is 5.43. The number of halogens is 1. The van der Waals surface area contributed by atoms with Gasteiger partial charge in [-0.15, -0.1) is 0 Å². The molecule has 0 radical (unpaired) electrons. The van der Waals surface area contributed by atoms with Crippen LogP contribution in [0.4, 0.5) is 0 Å². The van der Waals surface area contributed by atoms with Gasteiger partial charge in [0.15, 0.2) is 6.10 Å². The minimum atomic E-state index is -0.732. The van der Waals surface area contributed by atoms with E-state index in [2.05, 4.69) is 21.0 Å². The number of nitrogens with zero attached hydrogens (tertiary/aromatic N) is 3. The predicted molar refractivity (Wildman–Crippen MR) is 129 cm³/mol. The lowest BCUT2D eigenvalue weighted by Crippen LogP contribution is -2.26. The van der Waals surface area contributed by atoms with Gasteiger partial charge in [0, 0.05) is 10.4 Å². The van der Waals surface area contributed by atoms with Crippen LogP contribution in [-0.4, -0.2) is 34.6 Å². The first-order valence-corrected chi connectivity index (χ1v) is 11.3. The van der Waals surface area contributed by atoms with Gasteiger partial charge >= 0.3 is 5.97 Å². The molecule has 0 N–H and O–H groups in total. The smallest absolute Gasteiger partial charge is 0.347 e. The Balaban J connectivity index is 1.97. The highest BCUT2D eigenvalue weighted by Gasteiger charge is 2.17. The van der Waals surface area contributed by atoms with E-state index in [0.717, 1.165) is 16.5 Å². The number of carbonyl (C=O) groups excluding carboxylic acids is 1. The molecule has 7 nitrogen and oxygen atoms in total. The molecule has 0 saturated heterocycles. The fourth-order valence-electron chi connectivity index (χ4n) is 3.08. The summed E-state index contributed by atoms with van der Waals surface area (Å²) >= 11 is 3.41. The summed E-state index contributed by atoms with van der Waals surface area (Å²) in [5.41, 5.74) is 1.13. The van der Waals surface area contributed by atoms with Crippen LogP contribution in [0.15, 0.2) is 56.8 Å². The van der Waals surface area contributed by atoms with Gasteiger partial charge in [0.05, 0.1) is 23.7 Å². The molecule has 0 bridgehead atoms. The molecule has 0 aliphatic carbocycles. The van der Waals surface area contributed by atoms with Crippen molar-refractivity contribution in [2.24, 2.45) is 5.10 Å². The monoisotopic (exact) mass is 499 g/mol. The Bertz CT molecular complexity index is 1210. The van der Waals surface area contributed by atoms with Crippen LogP contribution in [0.2, 0.25) is 0 Å². The molecule has 0 aliphatic heterocycles. The average molecular weight is 500 g/mol. The number of benzene rings is 2. The van der Waals surface area contributed by atoms with Crippen LogP contribution in [0.1, 0.15) is 51.4 Å². The van der Waals surface area contributed by atoms with E-state index in [1.807, 2.05) is 32.0 Å². The number of carbonyl (C=O) groups is 1. The zero-order valence-electron chi connectivity index (χ0n) is 18.5. The van der Waals surface area contributed by atoms with Gasteiger partial charge in [-0.1, -0.05) is 41.9 Å². The minimum Gasteiger partial charge on any atom is -0.479 e. The lowest BCUT2D eigenvalue weighted by molar-refractivity contribution is -0.150. The average Bonchev–Trinajstić information content (AvgIpc) is 2.78. The van der Waals surface area contributed by atoms with E-state index in [4.69, 9.17) is 14.5 Å². The van der Waals surface area contributed by atoms with Gasteiger partial charge in [-0.2, -0.15) is 9.78 Å². The number of fused-ring (bicyclic) bond motifs is 1. The van der Waals surface area contributed by atoms with E-state index in [1.54, 1.807) is 44.3 Å². The Morgan fingerprint density at radius 2 is 2.00 bits per heavy atom. The largest absolute Gasteiger partial charge is 0.479 e. The molecule has 0 fully saturated rings. The predicted octanol–water partition coefficient (Wildman–Crippen LogP) is 4.89. The summed E-state index contributed by atoms with van der Waals surface area (Å²) in [7, 11) is 0. The maximum Gasteiger partial charge on any atom is 0.347 e. The normalized spacial score (nSPS) is 13.3. The third-order valence-corrected chi connectivity index (χ3v) is 5.49. The van der Waals surface area contributed by atoms with Crippen molar-refractivity contribution in [2.75, 3.05) is 6.61 Å². The molecule has 2 atom stereocenters. The zero-order chi connectivity index (χ0) is 23.3. The van der Waals surface area contributed by atoms with Crippen LogP contribution in [0.3, 0.4) is 0 Å². The van der Waals surface area contributed by atoms with E-state index in [9.17, 15) is 9.59 Å². The summed E-state index contributed by atoms with van der Waals surface area (Å²) in [5.74, 6) is 0.731. The molecule has 32 heavy (non-hydrogen) atoms. The Kier molecular flexibility index (Phi) is 7.80. The van der Waals surface area contributed by atoms with Gasteiger partial charge in [-0.25, -0.2) is 9.78 Å². The number of rotatable bonds is 8. The maximum absolute atomic E-state index is 13.2. The summed E-state index contributed by atoms with van der Waals surface area (Å²) < 4.78 is 12.8. The first-order valence-electron chi connectivity index (χ1n) is 10.5. The Hall–Kier alpha value is -3.00. The molecule has 1 aromatic heterocycles. The van der Waals surface area contributed by atoms with Crippen LogP contribution >= 0.6 is 15.9 Å². The van der Waals surface area contributed by atoms with Crippen molar-refractivity contribution >= 4 is 39.0 Å². The molecule has 0 aliphatic rings. The second-order valence-corrected chi connectivity index (χ2v) is 8.30. The van der Waals surface area contributed by atoms with Gasteiger partial charge < -0.3 is 9.47 Å². The van der Waals surface area contributed by atoms with Crippen molar-refractivity contribution in [3.05, 3.63) is 68.7 Å². The highest BCUT2D eigenvalue weighted by molar-refractivity contribution is 9.10. The minimum absolute atomic E-state index is 0.0491. The van der Waals surface area contributed by atoms with Gasteiger partial charge in [-0.05, 0) is 56.2 Å². The van der Waals surface area contributed by atoms with Crippen molar-refractivity contribution in [1.29, 1.82) is 0 Å². The van der Waals surface area contributed by atoms with Crippen LogP contribution in [-0.2, 0) is 9.53 Å². The topological polar surface area (TPSA) is 82.8 Å². The molecule has 0 saturated carbocycles. The number of esters is 1. The lowest BCUT2D eigenvalue weighted by Gasteiger charge is -2.14. The number of hydrogen-bond acceptors (Lipinski definition) is 6. The molecular formula is C24H26BrN3O4. The molecule has 0 spiro atoms. The fraction of sp³-hybridized carbons (Fsp3) is 0.333. The van der Waals surface area contributed by atoms with Crippen LogP contribution in [0.5, 0.6) is 5.75 Å². The molecular weight excluding hydrogens is 474 g/mol. The molecule has 8 heteroatoms. The Morgan fingerprint density at radius 3 is 2.72 bits per heavy atom. The van der Waals surface area contributed by atoms with Crippen molar-refractivity contribution < 1.29 is 14.3 Å². The SMILES string of the molecule is CCOC(=O)[C@H](C)Oc1cccc(C=Nn2c([C@H](C)CC)nc3ccc(Br)cc3c2=O)c1. The Morgan fingerprint density at radius 1 is 1.22 bits per heavy atom. The molecule has 1 heterocycles. The van der Waals surface area contributed by atoms with Gasteiger partial charge in [0.25, 0.3) is 5.56 Å². The van der Waals surface area contributed by atoms with Crippen LogP contribution < -0.4 is 10.3 Å². The van der Waals surface area contributed by atoms with E-state index in [0.29, 0.717) is 29.1 Å². The zero-order valence-corrected chi connectivity index (χ0v) is 20.1. The Labute approximate surface area is 195 Å². The van der Waals surface area contributed by atoms with Crippen molar-refractivity contribution in [2.45, 2.75) is 46.1 Å².